The van der Waals surface area contributed by atoms with Crippen molar-refractivity contribution in [2.75, 3.05) is 24.3 Å². The maximum Gasteiger partial charge on any atom is 0.255 e. The number of nitrogens with one attached hydrogen (secondary N) is 1. The molecule has 3 N–H and O–H groups in total. The van der Waals surface area contributed by atoms with Crippen LogP contribution in [0.3, 0.4) is 0 Å². The Balaban J connectivity index is 2.26. The Hall–Kier alpha value is -2.53. The number of nitrogens with two attached hydrogens (primary N) is 1. The molecular weight excluding hydrogens is 302 g/mol. The van der Waals surface area contributed by atoms with Crippen LogP contribution in [0.15, 0.2) is 42.5 Å². The van der Waals surface area contributed by atoms with Crippen LogP contribution in [0.4, 0.5) is 11.4 Å². The van der Waals surface area contributed by atoms with Crippen molar-refractivity contribution in [3.8, 4) is 0 Å². The normalized spacial score (nSPS) is 10.1. The average molecular weight is 318 g/mol. The number of hydrogen-bond acceptors (Lipinski definition) is 3. The van der Waals surface area contributed by atoms with Crippen molar-refractivity contribution in [2.45, 2.75) is 0 Å². The SMILES string of the molecule is CN(C)c1c(Cl)cccc1NC(=O)c1ccc(C(N)=O)cc1. The standard InChI is InChI=1S/C16H16ClN3O2/c1-20(2)14-12(17)4-3-5-13(14)19-16(22)11-8-6-10(7-9-11)15(18)21/h3-9H,1-2H3,(H2,18,21)(H,19,22). The van der Waals surface area contributed by atoms with Gasteiger partial charge in [-0.15, -0.1) is 0 Å². The maximum atomic E-state index is 12.3. The molecule has 0 unspecified atom stereocenters. The third kappa shape index (κ3) is 3.38. The van der Waals surface area contributed by atoms with Crippen LogP contribution in [0.2, 0.25) is 5.02 Å². The van der Waals surface area contributed by atoms with Crippen LogP contribution in [0.1, 0.15) is 20.7 Å². The first-order chi connectivity index (χ1) is 10.4. The van der Waals surface area contributed by atoms with Crippen LogP contribution in [-0.2, 0) is 0 Å². The van der Waals surface area contributed by atoms with Gasteiger partial charge in [0.15, 0.2) is 0 Å². The van der Waals surface area contributed by atoms with E-state index in [1.54, 1.807) is 30.3 Å². The van der Waals surface area contributed by atoms with Gasteiger partial charge in [-0.1, -0.05) is 17.7 Å². The predicted molar refractivity (Wildman–Crippen MR) is 88.7 cm³/mol. The second-order valence-corrected chi connectivity index (χ2v) is 5.33. The van der Waals surface area contributed by atoms with Crippen molar-refractivity contribution in [2.24, 2.45) is 5.73 Å². The first-order valence-electron chi connectivity index (χ1n) is 6.57. The molecule has 2 rings (SSSR count). The summed E-state index contributed by atoms with van der Waals surface area (Å²) in [5.74, 6) is -0.821. The van der Waals surface area contributed by atoms with Crippen LogP contribution in [0.5, 0.6) is 0 Å². The fourth-order valence-electron chi connectivity index (χ4n) is 2.05. The molecule has 2 amide bonds. The van der Waals surface area contributed by atoms with Crippen molar-refractivity contribution in [3.63, 3.8) is 0 Å². The van der Waals surface area contributed by atoms with Crippen molar-refractivity contribution in [3.05, 3.63) is 58.6 Å². The molecule has 0 spiro atoms. The zero-order valence-corrected chi connectivity index (χ0v) is 13.0. The molecule has 6 heteroatoms. The largest absolute Gasteiger partial charge is 0.375 e. The lowest BCUT2D eigenvalue weighted by molar-refractivity contribution is 0.0995. The van der Waals surface area contributed by atoms with Gasteiger partial charge in [-0.05, 0) is 36.4 Å². The molecule has 0 saturated heterocycles. The molecule has 0 heterocycles. The van der Waals surface area contributed by atoms with Gasteiger partial charge in [0.2, 0.25) is 5.91 Å². The third-order valence-electron chi connectivity index (χ3n) is 3.11. The highest BCUT2D eigenvalue weighted by molar-refractivity contribution is 6.34. The summed E-state index contributed by atoms with van der Waals surface area (Å²) >= 11 is 6.17. The summed E-state index contributed by atoms with van der Waals surface area (Å²) < 4.78 is 0. The Morgan fingerprint density at radius 3 is 2.18 bits per heavy atom. The smallest absolute Gasteiger partial charge is 0.255 e. The lowest BCUT2D eigenvalue weighted by Gasteiger charge is -2.19. The zero-order chi connectivity index (χ0) is 16.3. The molecule has 5 nitrogen and oxygen atoms in total. The highest BCUT2D eigenvalue weighted by atomic mass is 35.5. The predicted octanol–water partition coefficient (Wildman–Crippen LogP) is 2.76. The Bertz CT molecular complexity index is 712. The first-order valence-corrected chi connectivity index (χ1v) is 6.95. The van der Waals surface area contributed by atoms with Gasteiger partial charge in [-0.25, -0.2) is 0 Å². The summed E-state index contributed by atoms with van der Waals surface area (Å²) in [4.78, 5) is 25.2. The zero-order valence-electron chi connectivity index (χ0n) is 12.3. The Morgan fingerprint density at radius 2 is 1.64 bits per heavy atom. The van der Waals surface area contributed by atoms with Gasteiger partial charge in [0, 0.05) is 25.2 Å². The Kier molecular flexibility index (Phi) is 4.68. The molecule has 22 heavy (non-hydrogen) atoms. The summed E-state index contributed by atoms with van der Waals surface area (Å²) in [5, 5.41) is 3.36. The molecule has 2 aromatic rings. The second-order valence-electron chi connectivity index (χ2n) is 4.93. The van der Waals surface area contributed by atoms with E-state index in [9.17, 15) is 9.59 Å². The van der Waals surface area contributed by atoms with Crippen molar-refractivity contribution in [1.29, 1.82) is 0 Å². The summed E-state index contributed by atoms with van der Waals surface area (Å²) in [6.45, 7) is 0. The molecule has 114 valence electrons. The lowest BCUT2D eigenvalue weighted by Crippen LogP contribution is -2.17. The van der Waals surface area contributed by atoms with Gasteiger partial charge in [-0.3, -0.25) is 9.59 Å². The molecule has 0 aliphatic carbocycles. The molecule has 0 aliphatic rings. The van der Waals surface area contributed by atoms with E-state index in [2.05, 4.69) is 5.32 Å². The minimum atomic E-state index is -0.531. The van der Waals surface area contributed by atoms with E-state index in [1.165, 1.54) is 12.1 Å². The lowest BCUT2D eigenvalue weighted by atomic mass is 10.1. The number of hydrogen-bond donors (Lipinski definition) is 2. The number of benzene rings is 2. The molecule has 0 aliphatic heterocycles. The van der Waals surface area contributed by atoms with E-state index < -0.39 is 5.91 Å². The quantitative estimate of drug-likeness (QED) is 0.910. The van der Waals surface area contributed by atoms with Crippen LogP contribution in [0, 0.1) is 0 Å². The van der Waals surface area contributed by atoms with Crippen molar-refractivity contribution in [1.82, 2.24) is 0 Å². The van der Waals surface area contributed by atoms with Crippen LogP contribution in [0.25, 0.3) is 0 Å². The maximum absolute atomic E-state index is 12.3. The molecule has 0 atom stereocenters. The highest BCUT2D eigenvalue weighted by Crippen LogP contribution is 2.32. The summed E-state index contributed by atoms with van der Waals surface area (Å²) in [7, 11) is 3.69. The van der Waals surface area contributed by atoms with Crippen LogP contribution >= 0.6 is 11.6 Å². The molecule has 0 radical (unpaired) electrons. The van der Waals surface area contributed by atoms with Crippen LogP contribution < -0.4 is 16.0 Å². The van der Waals surface area contributed by atoms with Crippen molar-refractivity contribution >= 4 is 34.8 Å². The third-order valence-corrected chi connectivity index (χ3v) is 3.42. The van der Waals surface area contributed by atoms with E-state index in [1.807, 2.05) is 19.0 Å². The first kappa shape index (κ1) is 15.9. The molecule has 0 fully saturated rings. The number of nitrogens with zero attached hydrogens (tertiary/aromatic N) is 1. The molecule has 2 aromatic carbocycles. The number of rotatable bonds is 4. The van der Waals surface area contributed by atoms with Gasteiger partial charge in [0.25, 0.3) is 5.91 Å². The molecular formula is C16H16ClN3O2. The van der Waals surface area contributed by atoms with E-state index >= 15 is 0 Å². The minimum Gasteiger partial charge on any atom is -0.375 e. The summed E-state index contributed by atoms with van der Waals surface area (Å²) in [5.41, 5.74) is 7.29. The average Bonchev–Trinajstić information content (AvgIpc) is 2.47. The number of amides is 2. The fourth-order valence-corrected chi connectivity index (χ4v) is 2.39. The second kappa shape index (κ2) is 6.49. The number of halogens is 1. The highest BCUT2D eigenvalue weighted by Gasteiger charge is 2.13. The molecule has 0 aromatic heterocycles. The van der Waals surface area contributed by atoms with Gasteiger partial charge < -0.3 is 16.0 Å². The summed E-state index contributed by atoms with van der Waals surface area (Å²) in [6.07, 6.45) is 0. The molecule has 0 bridgehead atoms. The number of carbonyl (C=O) groups excluding carboxylic acids is 2. The minimum absolute atomic E-state index is 0.290. The number of para-hydroxylation sites is 1. The van der Waals surface area contributed by atoms with E-state index in [0.29, 0.717) is 21.8 Å². The Labute approximate surface area is 133 Å². The van der Waals surface area contributed by atoms with E-state index in [-0.39, 0.29) is 5.91 Å². The van der Waals surface area contributed by atoms with Gasteiger partial charge >= 0.3 is 0 Å². The van der Waals surface area contributed by atoms with Crippen molar-refractivity contribution < 1.29 is 9.59 Å². The fraction of sp³-hybridized carbons (Fsp3) is 0.125. The monoisotopic (exact) mass is 317 g/mol. The topological polar surface area (TPSA) is 75.4 Å². The van der Waals surface area contributed by atoms with Gasteiger partial charge in [0.1, 0.15) is 0 Å². The number of carbonyl (C=O) groups is 2. The van der Waals surface area contributed by atoms with Gasteiger partial charge in [-0.2, -0.15) is 0 Å². The van der Waals surface area contributed by atoms with E-state index in [4.69, 9.17) is 17.3 Å². The Morgan fingerprint density at radius 1 is 1.05 bits per heavy atom. The number of primary amides is 1. The van der Waals surface area contributed by atoms with Crippen LogP contribution in [-0.4, -0.2) is 25.9 Å². The van der Waals surface area contributed by atoms with Gasteiger partial charge in [0.05, 0.1) is 16.4 Å². The summed E-state index contributed by atoms with van der Waals surface area (Å²) in [6, 6.07) is 11.4. The number of anilines is 2. The molecule has 0 saturated carbocycles. The van der Waals surface area contributed by atoms with E-state index in [0.717, 1.165) is 5.69 Å².